The predicted octanol–water partition coefficient (Wildman–Crippen LogP) is 4.54. The van der Waals surface area contributed by atoms with Crippen molar-refractivity contribution in [3.05, 3.63) is 27.1 Å². The molecule has 0 amide bonds. The van der Waals surface area contributed by atoms with E-state index < -0.39 is 10.0 Å². The van der Waals surface area contributed by atoms with Gasteiger partial charge in [-0.25, -0.2) is 8.42 Å². The summed E-state index contributed by atoms with van der Waals surface area (Å²) in [5.41, 5.74) is 0. The zero-order chi connectivity index (χ0) is 14.8. The molecule has 3 nitrogen and oxygen atoms in total. The van der Waals surface area contributed by atoms with Crippen LogP contribution in [0.15, 0.2) is 32.0 Å². The van der Waals surface area contributed by atoms with Gasteiger partial charge in [-0.15, -0.1) is 0 Å². The first kappa shape index (κ1) is 16.9. The first-order valence-corrected chi connectivity index (χ1v) is 10.6. The molecule has 112 valence electrons. The van der Waals surface area contributed by atoms with E-state index in [4.69, 9.17) is 0 Å². The van der Waals surface area contributed by atoms with Gasteiger partial charge in [0.05, 0.1) is 4.90 Å². The predicted molar refractivity (Wildman–Crippen MR) is 91.8 cm³/mol. The number of sulfonamides is 1. The molecule has 20 heavy (non-hydrogen) atoms. The van der Waals surface area contributed by atoms with Crippen molar-refractivity contribution in [1.29, 1.82) is 0 Å². The zero-order valence-corrected chi connectivity index (χ0v) is 16.4. The molecule has 0 N–H and O–H groups in total. The molecule has 0 aromatic heterocycles. The number of benzene rings is 1. The molecular formula is C13H16Br3NO2S. The topological polar surface area (TPSA) is 37.4 Å². The fourth-order valence-electron chi connectivity index (χ4n) is 2.42. The summed E-state index contributed by atoms with van der Waals surface area (Å²) in [4.78, 5) is 0.333. The van der Waals surface area contributed by atoms with E-state index in [9.17, 15) is 8.42 Å². The van der Waals surface area contributed by atoms with Gasteiger partial charge in [-0.05, 0) is 47.0 Å². The smallest absolute Gasteiger partial charge is 0.207 e. The van der Waals surface area contributed by atoms with Gasteiger partial charge in [0, 0.05) is 26.9 Å². The number of alkyl halides is 1. The fourth-order valence-corrected chi connectivity index (χ4v) is 6.45. The highest BCUT2D eigenvalue weighted by Gasteiger charge is 2.33. The molecule has 1 aromatic carbocycles. The van der Waals surface area contributed by atoms with Crippen LogP contribution in [0.1, 0.15) is 25.7 Å². The summed E-state index contributed by atoms with van der Waals surface area (Å²) in [6.45, 7) is 0.595. The largest absolute Gasteiger partial charge is 0.244 e. The van der Waals surface area contributed by atoms with Crippen molar-refractivity contribution < 1.29 is 8.42 Å². The van der Waals surface area contributed by atoms with Crippen molar-refractivity contribution >= 4 is 57.8 Å². The van der Waals surface area contributed by atoms with Crippen molar-refractivity contribution in [3.8, 4) is 0 Å². The second-order valence-corrected chi connectivity index (χ2v) is 9.12. The van der Waals surface area contributed by atoms with E-state index in [2.05, 4.69) is 47.8 Å². The van der Waals surface area contributed by atoms with Crippen molar-refractivity contribution in [2.24, 2.45) is 0 Å². The molecule has 1 saturated heterocycles. The molecule has 1 aliphatic rings. The van der Waals surface area contributed by atoms with E-state index in [0.717, 1.165) is 30.2 Å². The molecule has 7 heteroatoms. The highest BCUT2D eigenvalue weighted by atomic mass is 79.9. The maximum atomic E-state index is 12.9. The van der Waals surface area contributed by atoms with Crippen molar-refractivity contribution in [2.75, 3.05) is 11.9 Å². The first-order valence-electron chi connectivity index (χ1n) is 6.49. The molecule has 2 rings (SSSR count). The highest BCUT2D eigenvalue weighted by molar-refractivity contribution is 9.11. The molecule has 0 bridgehead atoms. The standard InChI is InChI=1S/C13H16Br3NO2S/c14-9-11-4-2-1-3-7-17(11)20(18,19)13-8-10(15)5-6-12(13)16/h5-6,8,11H,1-4,7,9H2. The molecule has 1 atom stereocenters. The summed E-state index contributed by atoms with van der Waals surface area (Å²) in [5.74, 6) is 0. The lowest BCUT2D eigenvalue weighted by Gasteiger charge is -2.28. The van der Waals surface area contributed by atoms with E-state index in [-0.39, 0.29) is 6.04 Å². The SMILES string of the molecule is O=S(=O)(c1cc(Br)ccc1Br)N1CCCCCC1CBr. The molecule has 1 aliphatic heterocycles. The second-order valence-electron chi connectivity index (χ2n) is 4.85. The third kappa shape index (κ3) is 3.66. The summed E-state index contributed by atoms with van der Waals surface area (Å²) in [7, 11) is -3.47. The van der Waals surface area contributed by atoms with Crippen LogP contribution in [0.3, 0.4) is 0 Å². The van der Waals surface area contributed by atoms with Gasteiger partial charge in [0.1, 0.15) is 0 Å². The third-order valence-corrected chi connectivity index (χ3v) is 7.67. The van der Waals surface area contributed by atoms with E-state index in [0.29, 0.717) is 21.2 Å². The summed E-state index contributed by atoms with van der Waals surface area (Å²) < 4.78 is 28.9. The maximum Gasteiger partial charge on any atom is 0.244 e. The van der Waals surface area contributed by atoms with Gasteiger partial charge >= 0.3 is 0 Å². The number of hydrogen-bond acceptors (Lipinski definition) is 2. The Hall–Kier alpha value is 0.570. The van der Waals surface area contributed by atoms with E-state index >= 15 is 0 Å². The number of rotatable bonds is 3. The lowest BCUT2D eigenvalue weighted by atomic mass is 10.1. The number of halogens is 3. The first-order chi connectivity index (χ1) is 9.46. The van der Waals surface area contributed by atoms with E-state index in [1.807, 2.05) is 6.07 Å². The normalized spacial score (nSPS) is 21.6. The van der Waals surface area contributed by atoms with Crippen LogP contribution in [0.5, 0.6) is 0 Å². The average Bonchev–Trinajstić information content (AvgIpc) is 2.66. The van der Waals surface area contributed by atoms with Gasteiger partial charge < -0.3 is 0 Å². The van der Waals surface area contributed by atoms with E-state index in [1.165, 1.54) is 0 Å². The van der Waals surface area contributed by atoms with Crippen molar-refractivity contribution in [1.82, 2.24) is 4.31 Å². The van der Waals surface area contributed by atoms with Gasteiger partial charge in [0.25, 0.3) is 0 Å². The molecule has 0 spiro atoms. The highest BCUT2D eigenvalue weighted by Crippen LogP contribution is 2.31. The van der Waals surface area contributed by atoms with Crippen LogP contribution in [-0.4, -0.2) is 30.6 Å². The lowest BCUT2D eigenvalue weighted by molar-refractivity contribution is 0.347. The Labute approximate surface area is 145 Å². The Balaban J connectivity index is 2.44. The van der Waals surface area contributed by atoms with Crippen molar-refractivity contribution in [2.45, 2.75) is 36.6 Å². The summed E-state index contributed by atoms with van der Waals surface area (Å²) >= 11 is 10.2. The van der Waals surface area contributed by atoms with Crippen LogP contribution in [0.2, 0.25) is 0 Å². The minimum atomic E-state index is -3.47. The molecule has 0 aliphatic carbocycles. The Morgan fingerprint density at radius 1 is 1.20 bits per heavy atom. The van der Waals surface area contributed by atoms with Crippen LogP contribution < -0.4 is 0 Å². The summed E-state index contributed by atoms with van der Waals surface area (Å²) in [6, 6.07) is 5.29. The summed E-state index contributed by atoms with van der Waals surface area (Å²) in [6.07, 6.45) is 4.02. The zero-order valence-electron chi connectivity index (χ0n) is 10.9. The Morgan fingerprint density at radius 2 is 1.95 bits per heavy atom. The van der Waals surface area contributed by atoms with Crippen LogP contribution >= 0.6 is 47.8 Å². The third-order valence-electron chi connectivity index (χ3n) is 3.48. The minimum Gasteiger partial charge on any atom is -0.207 e. The molecule has 1 aromatic rings. The Kier molecular flexibility index (Phi) is 6.11. The molecule has 1 heterocycles. The minimum absolute atomic E-state index is 0.0355. The summed E-state index contributed by atoms with van der Waals surface area (Å²) in [5, 5.41) is 0.678. The van der Waals surface area contributed by atoms with E-state index in [1.54, 1.807) is 16.4 Å². The van der Waals surface area contributed by atoms with Crippen LogP contribution in [0, 0.1) is 0 Å². The Morgan fingerprint density at radius 3 is 2.65 bits per heavy atom. The van der Waals surface area contributed by atoms with Crippen molar-refractivity contribution in [3.63, 3.8) is 0 Å². The second kappa shape index (κ2) is 7.22. The molecular weight excluding hydrogens is 474 g/mol. The fraction of sp³-hybridized carbons (Fsp3) is 0.538. The van der Waals surface area contributed by atoms with Crippen LogP contribution in [-0.2, 0) is 10.0 Å². The monoisotopic (exact) mass is 487 g/mol. The van der Waals surface area contributed by atoms with Gasteiger partial charge in [-0.1, -0.05) is 44.7 Å². The molecule has 0 saturated carbocycles. The Bertz CT molecular complexity index is 577. The van der Waals surface area contributed by atoms with Gasteiger partial charge in [0.2, 0.25) is 10.0 Å². The number of hydrogen-bond donors (Lipinski definition) is 0. The van der Waals surface area contributed by atoms with Crippen LogP contribution in [0.25, 0.3) is 0 Å². The quantitative estimate of drug-likeness (QED) is 0.584. The number of nitrogens with zero attached hydrogens (tertiary/aromatic N) is 1. The van der Waals surface area contributed by atoms with Gasteiger partial charge in [-0.3, -0.25) is 0 Å². The van der Waals surface area contributed by atoms with Gasteiger partial charge in [0.15, 0.2) is 0 Å². The van der Waals surface area contributed by atoms with Crippen LogP contribution in [0.4, 0.5) is 0 Å². The molecule has 1 fully saturated rings. The molecule has 1 unspecified atom stereocenters. The lowest BCUT2D eigenvalue weighted by Crippen LogP contribution is -2.41. The maximum absolute atomic E-state index is 12.9. The molecule has 0 radical (unpaired) electrons. The average molecular weight is 490 g/mol. The van der Waals surface area contributed by atoms with Gasteiger partial charge in [-0.2, -0.15) is 4.31 Å².